The number of anilines is 2. The zero-order valence-electron chi connectivity index (χ0n) is 15.0. The number of ether oxygens (including phenoxy) is 1. The summed E-state index contributed by atoms with van der Waals surface area (Å²) in [5, 5.41) is 5.16. The maximum Gasteiger partial charge on any atom is 0.416 e. The third-order valence-corrected chi connectivity index (χ3v) is 2.92. The van der Waals surface area contributed by atoms with Gasteiger partial charge in [-0.1, -0.05) is 13.8 Å². The van der Waals surface area contributed by atoms with Crippen LogP contribution in [0, 0.1) is 0 Å². The molecule has 0 radical (unpaired) electrons. The van der Waals surface area contributed by atoms with E-state index < -0.39 is 11.7 Å². The average molecular weight is 321 g/mol. The molecule has 0 spiro atoms. The third-order valence-electron chi connectivity index (χ3n) is 2.92. The van der Waals surface area contributed by atoms with Gasteiger partial charge in [0.1, 0.15) is 11.4 Å². The van der Waals surface area contributed by atoms with Gasteiger partial charge in [0, 0.05) is 25.9 Å². The number of nitrogen functional groups attached to an aromatic ring is 1. The summed E-state index contributed by atoms with van der Waals surface area (Å²) < 4.78 is 7.10. The SMILES string of the molecule is CC.CCN(C(=O)OC(C)(C)C)c1nn(C)c2cc(N)ncc12. The molecule has 128 valence electrons. The largest absolute Gasteiger partial charge is 0.443 e. The Morgan fingerprint density at radius 3 is 2.52 bits per heavy atom. The highest BCUT2D eigenvalue weighted by Gasteiger charge is 2.26. The van der Waals surface area contributed by atoms with E-state index in [1.165, 1.54) is 4.90 Å². The summed E-state index contributed by atoms with van der Waals surface area (Å²) in [4.78, 5) is 17.9. The predicted molar refractivity (Wildman–Crippen MR) is 93.5 cm³/mol. The lowest BCUT2D eigenvalue weighted by Gasteiger charge is -2.25. The van der Waals surface area contributed by atoms with E-state index in [1.807, 2.05) is 41.5 Å². The van der Waals surface area contributed by atoms with Gasteiger partial charge < -0.3 is 10.5 Å². The monoisotopic (exact) mass is 321 g/mol. The highest BCUT2D eigenvalue weighted by atomic mass is 16.6. The van der Waals surface area contributed by atoms with Crippen molar-refractivity contribution in [3.05, 3.63) is 12.3 Å². The molecule has 0 aliphatic carbocycles. The molecule has 7 heteroatoms. The molecular weight excluding hydrogens is 294 g/mol. The zero-order valence-corrected chi connectivity index (χ0v) is 15.0. The summed E-state index contributed by atoms with van der Waals surface area (Å²) >= 11 is 0. The molecule has 0 aliphatic heterocycles. The number of nitrogens with two attached hydrogens (primary N) is 1. The first-order valence-electron chi connectivity index (χ1n) is 7.81. The van der Waals surface area contributed by atoms with E-state index in [1.54, 1.807) is 24.0 Å². The van der Waals surface area contributed by atoms with Crippen molar-refractivity contribution in [3.8, 4) is 0 Å². The summed E-state index contributed by atoms with van der Waals surface area (Å²) in [6, 6.07) is 1.73. The van der Waals surface area contributed by atoms with E-state index in [9.17, 15) is 4.79 Å². The standard InChI is InChI=1S/C14H21N5O2.C2H6/c1-6-19(13(20)21-14(2,3)4)12-9-8-16-11(15)7-10(9)18(5)17-12;1-2/h7-8H,6H2,1-5H3,(H2,15,16);1-2H3. The normalized spacial score (nSPS) is 10.9. The molecule has 7 nitrogen and oxygen atoms in total. The maximum atomic E-state index is 12.3. The number of aryl methyl sites for hydroxylation is 1. The first-order valence-corrected chi connectivity index (χ1v) is 7.81. The quantitative estimate of drug-likeness (QED) is 0.916. The molecule has 2 heterocycles. The Morgan fingerprint density at radius 2 is 2.00 bits per heavy atom. The van der Waals surface area contributed by atoms with Gasteiger partial charge in [-0.15, -0.1) is 0 Å². The molecule has 0 atom stereocenters. The van der Waals surface area contributed by atoms with Gasteiger partial charge in [0.05, 0.1) is 10.9 Å². The van der Waals surface area contributed by atoms with E-state index >= 15 is 0 Å². The Labute approximate surface area is 137 Å². The number of carbonyl (C=O) groups excluding carboxylic acids is 1. The third kappa shape index (κ3) is 4.34. The van der Waals surface area contributed by atoms with Crippen LogP contribution in [0.2, 0.25) is 0 Å². The van der Waals surface area contributed by atoms with Crippen molar-refractivity contribution in [2.75, 3.05) is 17.2 Å². The van der Waals surface area contributed by atoms with Crippen molar-refractivity contribution >= 4 is 28.6 Å². The van der Waals surface area contributed by atoms with Gasteiger partial charge >= 0.3 is 6.09 Å². The second-order valence-electron chi connectivity index (χ2n) is 5.80. The topological polar surface area (TPSA) is 86.3 Å². The van der Waals surface area contributed by atoms with Crippen molar-refractivity contribution in [3.63, 3.8) is 0 Å². The lowest BCUT2D eigenvalue weighted by Crippen LogP contribution is -2.37. The summed E-state index contributed by atoms with van der Waals surface area (Å²) in [7, 11) is 1.80. The minimum absolute atomic E-state index is 0.414. The van der Waals surface area contributed by atoms with Gasteiger partial charge in [0.2, 0.25) is 0 Å². The molecule has 1 amide bonds. The minimum atomic E-state index is -0.558. The Kier molecular flexibility index (Phi) is 5.95. The molecule has 0 aliphatic rings. The number of rotatable bonds is 2. The summed E-state index contributed by atoms with van der Waals surface area (Å²) in [5.74, 6) is 0.939. The van der Waals surface area contributed by atoms with Gasteiger partial charge in [-0.25, -0.2) is 9.78 Å². The second kappa shape index (κ2) is 7.30. The number of hydrogen-bond donors (Lipinski definition) is 1. The first-order chi connectivity index (χ1) is 10.7. The number of amides is 1. The van der Waals surface area contributed by atoms with Crippen LogP contribution in [0.15, 0.2) is 12.3 Å². The van der Waals surface area contributed by atoms with Crippen molar-refractivity contribution in [2.24, 2.45) is 7.05 Å². The fraction of sp³-hybridized carbons (Fsp3) is 0.562. The molecule has 23 heavy (non-hydrogen) atoms. The molecule has 2 rings (SSSR count). The van der Waals surface area contributed by atoms with Crippen LogP contribution in [0.4, 0.5) is 16.4 Å². The summed E-state index contributed by atoms with van der Waals surface area (Å²) in [6.07, 6.45) is 1.20. The van der Waals surface area contributed by atoms with Gasteiger partial charge in [0.15, 0.2) is 5.82 Å². The smallest absolute Gasteiger partial charge is 0.416 e. The molecule has 0 bridgehead atoms. The predicted octanol–water partition coefficient (Wildman–Crippen LogP) is 3.34. The highest BCUT2D eigenvalue weighted by molar-refractivity contribution is 5.99. The summed E-state index contributed by atoms with van der Waals surface area (Å²) in [6.45, 7) is 11.8. The Balaban J connectivity index is 0.00000127. The Morgan fingerprint density at radius 1 is 1.39 bits per heavy atom. The van der Waals surface area contributed by atoms with Gasteiger partial charge in [-0.3, -0.25) is 9.58 Å². The average Bonchev–Trinajstić information content (AvgIpc) is 2.77. The molecule has 0 saturated heterocycles. The van der Waals surface area contributed by atoms with Crippen molar-refractivity contribution < 1.29 is 9.53 Å². The van der Waals surface area contributed by atoms with E-state index in [2.05, 4.69) is 10.1 Å². The van der Waals surface area contributed by atoms with Crippen LogP contribution >= 0.6 is 0 Å². The second-order valence-corrected chi connectivity index (χ2v) is 5.80. The maximum absolute atomic E-state index is 12.3. The minimum Gasteiger partial charge on any atom is -0.443 e. The van der Waals surface area contributed by atoms with E-state index in [0.29, 0.717) is 18.2 Å². The zero-order chi connectivity index (χ0) is 17.8. The summed E-state index contributed by atoms with van der Waals surface area (Å²) in [5.41, 5.74) is 5.96. The van der Waals surface area contributed by atoms with E-state index in [0.717, 1.165) is 10.9 Å². The van der Waals surface area contributed by atoms with Crippen LogP contribution in [0.5, 0.6) is 0 Å². The number of hydrogen-bond acceptors (Lipinski definition) is 5. The van der Waals surface area contributed by atoms with Gasteiger partial charge in [-0.05, 0) is 27.7 Å². The number of pyridine rings is 1. The molecule has 0 unspecified atom stereocenters. The van der Waals surface area contributed by atoms with Gasteiger partial charge in [0.25, 0.3) is 0 Å². The van der Waals surface area contributed by atoms with Crippen molar-refractivity contribution in [1.82, 2.24) is 14.8 Å². The number of fused-ring (bicyclic) bond motifs is 1. The number of carbonyl (C=O) groups is 1. The molecule has 0 saturated carbocycles. The molecule has 2 aromatic heterocycles. The van der Waals surface area contributed by atoms with Crippen LogP contribution in [0.25, 0.3) is 10.9 Å². The van der Waals surface area contributed by atoms with Crippen LogP contribution < -0.4 is 10.6 Å². The lowest BCUT2D eigenvalue weighted by molar-refractivity contribution is 0.0581. The highest BCUT2D eigenvalue weighted by Crippen LogP contribution is 2.27. The lowest BCUT2D eigenvalue weighted by atomic mass is 10.2. The number of nitrogens with zero attached hydrogens (tertiary/aromatic N) is 4. The van der Waals surface area contributed by atoms with Crippen LogP contribution in [-0.2, 0) is 11.8 Å². The molecule has 2 aromatic rings. The van der Waals surface area contributed by atoms with Crippen molar-refractivity contribution in [2.45, 2.75) is 47.1 Å². The fourth-order valence-electron chi connectivity index (χ4n) is 2.03. The van der Waals surface area contributed by atoms with Crippen LogP contribution in [0.1, 0.15) is 41.5 Å². The number of aromatic nitrogens is 3. The molecule has 2 N–H and O–H groups in total. The van der Waals surface area contributed by atoms with E-state index in [-0.39, 0.29) is 0 Å². The fourth-order valence-corrected chi connectivity index (χ4v) is 2.03. The van der Waals surface area contributed by atoms with Crippen LogP contribution in [0.3, 0.4) is 0 Å². The molecule has 0 fully saturated rings. The van der Waals surface area contributed by atoms with Gasteiger partial charge in [-0.2, -0.15) is 5.10 Å². The Bertz CT molecular complexity index is 673. The Hall–Kier alpha value is -2.31. The van der Waals surface area contributed by atoms with E-state index in [4.69, 9.17) is 10.5 Å². The van der Waals surface area contributed by atoms with Crippen molar-refractivity contribution in [1.29, 1.82) is 0 Å². The molecule has 0 aromatic carbocycles. The first kappa shape index (κ1) is 18.7. The molecular formula is C16H27N5O2. The van der Waals surface area contributed by atoms with Crippen LogP contribution in [-0.4, -0.2) is 33.0 Å².